The van der Waals surface area contributed by atoms with Crippen molar-refractivity contribution in [3.8, 4) is 6.07 Å². The number of carbonyl (C=O) groups excluding carboxylic acids is 1. The van der Waals surface area contributed by atoms with Gasteiger partial charge in [0.05, 0.1) is 35.3 Å². The third kappa shape index (κ3) is 2.80. The highest BCUT2D eigenvalue weighted by molar-refractivity contribution is 6.14. The largest absolute Gasteiger partial charge is 0.480 e. The summed E-state index contributed by atoms with van der Waals surface area (Å²) in [6, 6.07) is 13.4. The molecule has 6 atom stereocenters. The Morgan fingerprint density at radius 1 is 1.24 bits per heavy atom. The Morgan fingerprint density at radius 2 is 1.95 bits per heavy atom. The number of benzene rings is 2. The van der Waals surface area contributed by atoms with Crippen LogP contribution in [0.2, 0.25) is 0 Å². The number of rotatable bonds is 4. The average molecular weight is 528 g/mol. The highest BCUT2D eigenvalue weighted by Gasteiger charge is 2.91. The van der Waals surface area contributed by atoms with E-state index in [0.717, 1.165) is 16.5 Å². The van der Waals surface area contributed by atoms with Gasteiger partial charge in [0.2, 0.25) is 5.91 Å². The highest BCUT2D eigenvalue weighted by Crippen LogP contribution is 2.74. The van der Waals surface area contributed by atoms with Gasteiger partial charge in [-0.1, -0.05) is 30.3 Å². The van der Waals surface area contributed by atoms with Crippen LogP contribution in [0.25, 0.3) is 0 Å². The van der Waals surface area contributed by atoms with Crippen LogP contribution in [-0.2, 0) is 31.7 Å². The lowest BCUT2D eigenvalue weighted by atomic mass is 9.51. The zero-order valence-corrected chi connectivity index (χ0v) is 20.2. The summed E-state index contributed by atoms with van der Waals surface area (Å²) in [5, 5.41) is 31.9. The van der Waals surface area contributed by atoms with Crippen LogP contribution < -0.4 is 4.90 Å². The van der Waals surface area contributed by atoms with E-state index in [2.05, 4.69) is 0 Å². The molecule has 1 spiro atoms. The number of hydrogen-bond donors (Lipinski definition) is 2. The number of aliphatic carboxylic acids is 1. The van der Waals surface area contributed by atoms with Crippen molar-refractivity contribution in [3.05, 3.63) is 65.2 Å². The maximum absolute atomic E-state index is 14.1. The van der Waals surface area contributed by atoms with E-state index in [9.17, 15) is 38.2 Å². The van der Waals surface area contributed by atoms with E-state index in [1.807, 2.05) is 30.3 Å². The first-order chi connectivity index (χ1) is 17.8. The summed E-state index contributed by atoms with van der Waals surface area (Å²) in [5.74, 6) is -3.65. The number of carboxylic acids is 1. The van der Waals surface area contributed by atoms with Gasteiger partial charge in [0.1, 0.15) is 17.4 Å². The Labute approximate surface area is 215 Å². The topological polar surface area (TPSA) is 120 Å². The number of hydrogen-bond acceptors (Lipinski definition) is 6. The van der Waals surface area contributed by atoms with E-state index in [4.69, 9.17) is 9.47 Å². The SMILES string of the molecule is C[C@]12C[C@@](O)(Cc3ccccc3)[C@]3(CCO[C@H]4[C@@H]3[C@]1(C(=O)O)C(=O)N4c1ccc(C#N)c(C(F)(F)F)c1)O2. The fraction of sp³-hybridized carbons (Fsp3) is 0.444. The zero-order chi connectivity index (χ0) is 27.3. The van der Waals surface area contributed by atoms with Crippen molar-refractivity contribution in [1.82, 2.24) is 0 Å². The minimum atomic E-state index is -4.89. The molecule has 0 radical (unpaired) electrons. The number of carbonyl (C=O) groups is 2. The van der Waals surface area contributed by atoms with E-state index >= 15 is 0 Å². The molecule has 1 amide bonds. The standard InChI is InChI=1S/C27H23F3N2O6/c1-23-14-24(36,12-15-5-3-2-4-6-15)25(38-23)9-10-37-20-19(25)26(23,22(34)35)21(33)32(20)17-8-7-16(13-31)18(11-17)27(28,29)30/h2-8,11,19-20,36H,9-10,12,14H2,1H3,(H,34,35)/t19-,20-,23-,24-,25+,26+/m0/s1. The molecule has 4 fully saturated rings. The molecule has 11 heteroatoms. The number of alkyl halides is 3. The van der Waals surface area contributed by atoms with E-state index in [0.29, 0.717) is 6.07 Å². The van der Waals surface area contributed by atoms with Gasteiger partial charge in [-0.05, 0) is 30.7 Å². The van der Waals surface area contributed by atoms with Crippen molar-refractivity contribution in [2.75, 3.05) is 11.5 Å². The van der Waals surface area contributed by atoms with Crippen LogP contribution in [0.15, 0.2) is 48.5 Å². The molecule has 2 aromatic rings. The van der Waals surface area contributed by atoms with Crippen LogP contribution in [0.1, 0.15) is 36.5 Å². The van der Waals surface area contributed by atoms with E-state index in [1.54, 1.807) is 0 Å². The molecule has 4 aliphatic rings. The van der Waals surface area contributed by atoms with Gasteiger partial charge in [0, 0.05) is 24.9 Å². The number of ether oxygens (including phenoxy) is 2. The molecule has 0 saturated carbocycles. The molecule has 6 rings (SSSR count). The number of aliphatic hydroxyl groups is 1. The zero-order valence-electron chi connectivity index (χ0n) is 20.2. The second-order valence-electron chi connectivity index (χ2n) is 10.7. The summed E-state index contributed by atoms with van der Waals surface area (Å²) in [4.78, 5) is 28.1. The molecule has 4 saturated heterocycles. The van der Waals surface area contributed by atoms with Gasteiger partial charge < -0.3 is 19.7 Å². The van der Waals surface area contributed by atoms with Crippen LogP contribution in [0, 0.1) is 22.7 Å². The van der Waals surface area contributed by atoms with Gasteiger partial charge in [0.15, 0.2) is 5.41 Å². The van der Waals surface area contributed by atoms with Crippen LogP contribution in [-0.4, -0.2) is 51.7 Å². The molecule has 8 nitrogen and oxygen atoms in total. The minimum Gasteiger partial charge on any atom is -0.480 e. The third-order valence-electron chi connectivity index (χ3n) is 8.87. The first-order valence-electron chi connectivity index (χ1n) is 12.1. The molecule has 4 heterocycles. The number of halogens is 3. The molecule has 0 aromatic heterocycles. The minimum absolute atomic E-state index is 0.0176. The van der Waals surface area contributed by atoms with Gasteiger partial charge >= 0.3 is 12.1 Å². The number of nitrogens with zero attached hydrogens (tertiary/aromatic N) is 2. The van der Waals surface area contributed by atoms with Crippen molar-refractivity contribution in [1.29, 1.82) is 5.26 Å². The quantitative estimate of drug-likeness (QED) is 0.585. The molecular formula is C27H23F3N2O6. The predicted octanol–water partition coefficient (Wildman–Crippen LogP) is 3.26. The second-order valence-corrected chi connectivity index (χ2v) is 10.7. The fourth-order valence-electron chi connectivity index (χ4n) is 7.57. The molecule has 198 valence electrons. The Bertz CT molecular complexity index is 1410. The smallest absolute Gasteiger partial charge is 0.417 e. The Hall–Kier alpha value is -3.46. The second kappa shape index (κ2) is 7.56. The molecule has 0 unspecified atom stereocenters. The van der Waals surface area contributed by atoms with Crippen LogP contribution in [0.3, 0.4) is 0 Å². The third-order valence-corrected chi connectivity index (χ3v) is 8.87. The van der Waals surface area contributed by atoms with Crippen LogP contribution in [0.4, 0.5) is 18.9 Å². The molecule has 2 aromatic carbocycles. The van der Waals surface area contributed by atoms with Gasteiger partial charge in [-0.2, -0.15) is 18.4 Å². The summed E-state index contributed by atoms with van der Waals surface area (Å²) in [6.07, 6.45) is -6.12. The highest BCUT2D eigenvalue weighted by atomic mass is 19.4. The monoisotopic (exact) mass is 528 g/mol. The van der Waals surface area contributed by atoms with Gasteiger partial charge in [-0.3, -0.25) is 14.5 Å². The number of nitriles is 1. The van der Waals surface area contributed by atoms with Crippen molar-refractivity contribution >= 4 is 17.6 Å². The first-order valence-corrected chi connectivity index (χ1v) is 12.1. The summed E-state index contributed by atoms with van der Waals surface area (Å²) in [5.41, 5.74) is -8.25. The lowest BCUT2D eigenvalue weighted by molar-refractivity contribution is -0.204. The fourth-order valence-corrected chi connectivity index (χ4v) is 7.57. The maximum Gasteiger partial charge on any atom is 0.417 e. The van der Waals surface area contributed by atoms with Crippen molar-refractivity contribution < 1.29 is 42.4 Å². The van der Waals surface area contributed by atoms with Crippen LogP contribution >= 0.6 is 0 Å². The molecular weight excluding hydrogens is 505 g/mol. The normalized spacial score (nSPS) is 37.3. The number of amides is 1. The Morgan fingerprint density at radius 3 is 2.58 bits per heavy atom. The van der Waals surface area contributed by atoms with Crippen molar-refractivity contribution in [2.24, 2.45) is 11.3 Å². The molecule has 0 aliphatic carbocycles. The lowest BCUT2D eigenvalue weighted by Gasteiger charge is -2.51. The number of fused-ring (bicyclic) bond motifs is 2. The summed E-state index contributed by atoms with van der Waals surface area (Å²) in [7, 11) is 0. The molecule has 38 heavy (non-hydrogen) atoms. The Kier molecular flexibility index (Phi) is 4.94. The molecule has 2 N–H and O–H groups in total. The first kappa shape index (κ1) is 24.9. The Balaban J connectivity index is 1.53. The van der Waals surface area contributed by atoms with Crippen molar-refractivity contribution in [3.63, 3.8) is 0 Å². The van der Waals surface area contributed by atoms with Crippen molar-refractivity contribution in [2.45, 2.75) is 55.4 Å². The number of anilines is 1. The van der Waals surface area contributed by atoms with Gasteiger partial charge in [-0.25, -0.2) is 0 Å². The van der Waals surface area contributed by atoms with Gasteiger partial charge in [0.25, 0.3) is 0 Å². The average Bonchev–Trinajstić information content (AvgIpc) is 3.36. The number of carboxylic acid groups (broad SMARTS) is 1. The molecule has 4 aliphatic heterocycles. The van der Waals surface area contributed by atoms with Gasteiger partial charge in [-0.15, -0.1) is 0 Å². The summed E-state index contributed by atoms with van der Waals surface area (Å²) >= 11 is 0. The van der Waals surface area contributed by atoms with Crippen LogP contribution in [0.5, 0.6) is 0 Å². The van der Waals surface area contributed by atoms with E-state index in [-0.39, 0.29) is 31.6 Å². The predicted molar refractivity (Wildman–Crippen MR) is 123 cm³/mol. The lowest BCUT2D eigenvalue weighted by Crippen LogP contribution is -2.68. The summed E-state index contributed by atoms with van der Waals surface area (Å²) in [6.45, 7) is 1.46. The maximum atomic E-state index is 14.1. The van der Waals surface area contributed by atoms with E-state index < -0.39 is 63.5 Å². The summed E-state index contributed by atoms with van der Waals surface area (Å²) < 4.78 is 53.6. The van der Waals surface area contributed by atoms with E-state index in [1.165, 1.54) is 19.1 Å². The molecule has 2 bridgehead atoms.